The van der Waals surface area contributed by atoms with Crippen LogP contribution >= 0.6 is 0 Å². The van der Waals surface area contributed by atoms with Crippen molar-refractivity contribution >= 4 is 5.78 Å². The van der Waals surface area contributed by atoms with Crippen molar-refractivity contribution in [3.05, 3.63) is 35.4 Å². The maximum Gasteiger partial charge on any atom is 0.167 e. The standard InChI is InChI=1S/C15H22O3.CH4O/c1-11(10-17-4)14(16)12-6-8-13(9-7-12)15(2,3)18-5;1-2/h6-9,11H,10H2,1-5H3;2H,1H3. The van der Waals surface area contributed by atoms with Gasteiger partial charge in [0.25, 0.3) is 0 Å². The average Bonchev–Trinajstić information content (AvgIpc) is 2.49. The molecule has 114 valence electrons. The summed E-state index contributed by atoms with van der Waals surface area (Å²) in [7, 11) is 4.29. The average molecular weight is 282 g/mol. The van der Waals surface area contributed by atoms with Gasteiger partial charge in [-0.15, -0.1) is 0 Å². The van der Waals surface area contributed by atoms with Gasteiger partial charge in [0.2, 0.25) is 0 Å². The second-order valence-corrected chi connectivity index (χ2v) is 5.01. The highest BCUT2D eigenvalue weighted by Crippen LogP contribution is 2.24. The first-order valence-electron chi connectivity index (χ1n) is 6.56. The number of hydrogen-bond donors (Lipinski definition) is 1. The van der Waals surface area contributed by atoms with Crippen molar-refractivity contribution in [3.63, 3.8) is 0 Å². The number of aliphatic hydroxyl groups excluding tert-OH is 1. The Kier molecular flexibility index (Phi) is 8.30. The van der Waals surface area contributed by atoms with E-state index in [1.165, 1.54) is 0 Å². The molecule has 0 radical (unpaired) electrons. The van der Waals surface area contributed by atoms with Gasteiger partial charge in [0, 0.05) is 32.8 Å². The minimum Gasteiger partial charge on any atom is -0.400 e. The summed E-state index contributed by atoms with van der Waals surface area (Å²) in [6.07, 6.45) is 0. The van der Waals surface area contributed by atoms with Gasteiger partial charge in [-0.2, -0.15) is 0 Å². The van der Waals surface area contributed by atoms with E-state index in [2.05, 4.69) is 0 Å². The summed E-state index contributed by atoms with van der Waals surface area (Å²) in [6, 6.07) is 7.59. The summed E-state index contributed by atoms with van der Waals surface area (Å²) < 4.78 is 10.4. The molecule has 0 aliphatic carbocycles. The number of hydrogen-bond acceptors (Lipinski definition) is 4. The van der Waals surface area contributed by atoms with Crippen molar-refractivity contribution in [2.45, 2.75) is 26.4 Å². The molecule has 1 aromatic rings. The lowest BCUT2D eigenvalue weighted by Gasteiger charge is -2.23. The third-order valence-corrected chi connectivity index (χ3v) is 3.24. The van der Waals surface area contributed by atoms with Crippen molar-refractivity contribution in [1.82, 2.24) is 0 Å². The van der Waals surface area contributed by atoms with Crippen molar-refractivity contribution in [2.75, 3.05) is 27.9 Å². The zero-order valence-corrected chi connectivity index (χ0v) is 13.3. The third kappa shape index (κ3) is 5.04. The van der Waals surface area contributed by atoms with Crippen molar-refractivity contribution < 1.29 is 19.4 Å². The minimum absolute atomic E-state index is 0.110. The Bertz CT molecular complexity index is 395. The van der Waals surface area contributed by atoms with Crippen molar-refractivity contribution in [1.29, 1.82) is 0 Å². The highest BCUT2D eigenvalue weighted by Gasteiger charge is 2.20. The lowest BCUT2D eigenvalue weighted by atomic mass is 9.94. The highest BCUT2D eigenvalue weighted by molar-refractivity contribution is 5.97. The number of aliphatic hydroxyl groups is 1. The first kappa shape index (κ1) is 18.8. The fourth-order valence-electron chi connectivity index (χ4n) is 1.76. The van der Waals surface area contributed by atoms with Crippen LogP contribution in [0.5, 0.6) is 0 Å². The topological polar surface area (TPSA) is 55.8 Å². The van der Waals surface area contributed by atoms with Crippen molar-refractivity contribution in [3.8, 4) is 0 Å². The zero-order chi connectivity index (χ0) is 15.8. The lowest BCUT2D eigenvalue weighted by Crippen LogP contribution is -2.20. The third-order valence-electron chi connectivity index (χ3n) is 3.24. The summed E-state index contributed by atoms with van der Waals surface area (Å²) in [6.45, 7) is 6.32. The Morgan fingerprint density at radius 3 is 2.10 bits per heavy atom. The van der Waals surface area contributed by atoms with Crippen LogP contribution < -0.4 is 0 Å². The van der Waals surface area contributed by atoms with Crippen LogP contribution in [0.1, 0.15) is 36.7 Å². The smallest absolute Gasteiger partial charge is 0.167 e. The summed E-state index contributed by atoms with van der Waals surface area (Å²) in [5.41, 5.74) is 1.44. The van der Waals surface area contributed by atoms with Crippen molar-refractivity contribution in [2.24, 2.45) is 5.92 Å². The van der Waals surface area contributed by atoms with E-state index in [0.29, 0.717) is 6.61 Å². The van der Waals surface area contributed by atoms with E-state index >= 15 is 0 Å². The quantitative estimate of drug-likeness (QED) is 0.815. The van der Waals surface area contributed by atoms with Gasteiger partial charge < -0.3 is 14.6 Å². The molecule has 20 heavy (non-hydrogen) atoms. The van der Waals surface area contributed by atoms with Gasteiger partial charge in [0.1, 0.15) is 0 Å². The zero-order valence-electron chi connectivity index (χ0n) is 13.3. The Hall–Kier alpha value is -1.23. The number of carbonyl (C=O) groups excluding carboxylic acids is 1. The molecule has 0 bridgehead atoms. The molecule has 1 unspecified atom stereocenters. The first-order chi connectivity index (χ1) is 9.42. The number of Topliss-reactive ketones (excluding diaryl/α,β-unsaturated/α-hetero) is 1. The molecule has 0 aliphatic heterocycles. The maximum atomic E-state index is 12.1. The largest absolute Gasteiger partial charge is 0.400 e. The fourth-order valence-corrected chi connectivity index (χ4v) is 1.76. The number of ketones is 1. The summed E-state index contributed by atoms with van der Waals surface area (Å²) in [5.74, 6) is -0.00471. The van der Waals surface area contributed by atoms with E-state index < -0.39 is 0 Å². The lowest BCUT2D eigenvalue weighted by molar-refractivity contribution is 0.0192. The van der Waals surface area contributed by atoms with E-state index in [-0.39, 0.29) is 17.3 Å². The Morgan fingerprint density at radius 1 is 1.20 bits per heavy atom. The summed E-state index contributed by atoms with van der Waals surface area (Å²) in [5, 5.41) is 7.00. The predicted molar refractivity (Wildman–Crippen MR) is 80.0 cm³/mol. The van der Waals surface area contributed by atoms with Crippen LogP contribution in [-0.2, 0) is 15.1 Å². The fraction of sp³-hybridized carbons (Fsp3) is 0.562. The van der Waals surface area contributed by atoms with Crippen LogP contribution in [0.25, 0.3) is 0 Å². The van der Waals surface area contributed by atoms with E-state index in [0.717, 1.165) is 18.2 Å². The Balaban J connectivity index is 0.00000172. The number of rotatable bonds is 6. The van der Waals surface area contributed by atoms with Crippen LogP contribution in [-0.4, -0.2) is 38.8 Å². The molecular formula is C16H26O4. The van der Waals surface area contributed by atoms with E-state index in [1.807, 2.05) is 45.0 Å². The minimum atomic E-state index is -0.334. The second-order valence-electron chi connectivity index (χ2n) is 5.01. The molecule has 0 saturated carbocycles. The monoisotopic (exact) mass is 282 g/mol. The Labute approximate surface area is 121 Å². The first-order valence-corrected chi connectivity index (χ1v) is 6.56. The number of benzene rings is 1. The van der Waals surface area contributed by atoms with Gasteiger partial charge in [0.15, 0.2) is 5.78 Å². The molecular weight excluding hydrogens is 256 g/mol. The maximum absolute atomic E-state index is 12.1. The van der Waals surface area contributed by atoms with Crippen LogP contribution in [0.15, 0.2) is 24.3 Å². The molecule has 0 saturated heterocycles. The van der Waals surface area contributed by atoms with E-state index in [1.54, 1.807) is 14.2 Å². The van der Waals surface area contributed by atoms with E-state index in [9.17, 15) is 4.79 Å². The molecule has 0 aliphatic rings. The molecule has 1 atom stereocenters. The van der Waals surface area contributed by atoms with Gasteiger partial charge in [-0.3, -0.25) is 4.79 Å². The Morgan fingerprint density at radius 2 is 1.70 bits per heavy atom. The second kappa shape index (κ2) is 8.84. The molecule has 0 heterocycles. The van der Waals surface area contributed by atoms with Crippen LogP contribution in [0.2, 0.25) is 0 Å². The predicted octanol–water partition coefficient (Wildman–Crippen LogP) is 2.64. The SMILES string of the molecule is CO.COCC(C)C(=O)c1ccc(C(C)(C)OC)cc1. The molecule has 0 aromatic heterocycles. The summed E-state index contributed by atoms with van der Waals surface area (Å²) >= 11 is 0. The van der Waals surface area contributed by atoms with E-state index in [4.69, 9.17) is 14.6 Å². The number of ether oxygens (including phenoxy) is 2. The molecule has 1 aromatic carbocycles. The van der Waals surface area contributed by atoms with Crippen LogP contribution in [0.4, 0.5) is 0 Å². The molecule has 4 nitrogen and oxygen atoms in total. The normalized spacial score (nSPS) is 12.3. The molecule has 0 amide bonds. The highest BCUT2D eigenvalue weighted by atomic mass is 16.5. The molecule has 0 fully saturated rings. The van der Waals surface area contributed by atoms with Crippen LogP contribution in [0, 0.1) is 5.92 Å². The van der Waals surface area contributed by atoms with Gasteiger partial charge in [-0.05, 0) is 19.4 Å². The molecule has 1 N–H and O–H groups in total. The van der Waals surface area contributed by atoms with Gasteiger partial charge >= 0.3 is 0 Å². The molecule has 0 spiro atoms. The number of methoxy groups -OCH3 is 2. The van der Waals surface area contributed by atoms with Gasteiger partial charge in [-0.25, -0.2) is 0 Å². The molecule has 4 heteroatoms. The molecule has 1 rings (SSSR count). The summed E-state index contributed by atoms with van der Waals surface area (Å²) in [4.78, 5) is 12.1. The van der Waals surface area contributed by atoms with Gasteiger partial charge in [-0.1, -0.05) is 31.2 Å². The van der Waals surface area contributed by atoms with Crippen LogP contribution in [0.3, 0.4) is 0 Å². The number of carbonyl (C=O) groups is 1. The van der Waals surface area contributed by atoms with Gasteiger partial charge in [0.05, 0.1) is 12.2 Å².